The van der Waals surface area contributed by atoms with Gasteiger partial charge in [-0.25, -0.2) is 4.98 Å². The third-order valence-corrected chi connectivity index (χ3v) is 1.92. The smallest absolute Gasteiger partial charge is 0.778 e. The van der Waals surface area contributed by atoms with Crippen LogP contribution in [-0.2, 0) is 12.6 Å². The summed E-state index contributed by atoms with van der Waals surface area (Å²) in [5.41, 5.74) is 0. The van der Waals surface area contributed by atoms with Gasteiger partial charge in [-0.1, -0.05) is 17.7 Å². The van der Waals surface area contributed by atoms with E-state index in [1.54, 1.807) is 12.3 Å². The monoisotopic (exact) mass is 211 g/mol. The topological polar surface area (TPSA) is 22.1 Å². The molecule has 1 heterocycles. The van der Waals surface area contributed by atoms with Crippen molar-refractivity contribution in [2.24, 2.45) is 0 Å². The summed E-state index contributed by atoms with van der Waals surface area (Å²) in [5.74, 6) is 0.418. The first-order valence-corrected chi connectivity index (χ1v) is 3.98. The second kappa shape index (κ2) is 6.00. The Morgan fingerprint density at radius 3 is 2.92 bits per heavy atom. The molecular formula is C7H7ClNNaOS. The summed E-state index contributed by atoms with van der Waals surface area (Å²) in [6.07, 6.45) is 1.58. The van der Waals surface area contributed by atoms with E-state index in [0.29, 0.717) is 22.4 Å². The maximum absolute atomic E-state index is 5.78. The number of nitrogens with zero attached hydrogens (tertiary/aromatic N) is 1. The van der Waals surface area contributed by atoms with Crippen LogP contribution in [0.25, 0.3) is 0 Å². The fourth-order valence-corrected chi connectivity index (χ4v) is 0.960. The van der Waals surface area contributed by atoms with Gasteiger partial charge in [-0.2, -0.15) is 0 Å². The van der Waals surface area contributed by atoms with E-state index in [4.69, 9.17) is 29.0 Å². The largest absolute Gasteiger partial charge is 1.00 e. The quantitative estimate of drug-likeness (QED) is 0.465. The van der Waals surface area contributed by atoms with Gasteiger partial charge in [-0.15, -0.1) is 4.90 Å². The van der Waals surface area contributed by atoms with Gasteiger partial charge in [0.25, 0.3) is 0 Å². The first-order chi connectivity index (χ1) is 5.25. The summed E-state index contributed by atoms with van der Waals surface area (Å²) in [6, 6.07) is 1.67. The third kappa shape index (κ3) is 3.07. The number of hydrogen-bond donors (Lipinski definition) is 0. The van der Waals surface area contributed by atoms with E-state index >= 15 is 0 Å². The molecule has 0 unspecified atom stereocenters. The summed E-state index contributed by atoms with van der Waals surface area (Å²) in [4.78, 5) is 4.48. The van der Waals surface area contributed by atoms with Crippen LogP contribution in [0.5, 0.6) is 5.88 Å². The van der Waals surface area contributed by atoms with Crippen LogP contribution in [0.4, 0.5) is 0 Å². The van der Waals surface area contributed by atoms with Crippen LogP contribution < -0.4 is 34.3 Å². The van der Waals surface area contributed by atoms with Gasteiger partial charge in [0, 0.05) is 6.20 Å². The van der Waals surface area contributed by atoms with Crippen molar-refractivity contribution in [3.63, 3.8) is 0 Å². The summed E-state index contributed by atoms with van der Waals surface area (Å²) < 4.78 is 5.11. The summed E-state index contributed by atoms with van der Waals surface area (Å²) in [5, 5.41) is 0.421. The molecule has 0 saturated carbocycles. The minimum absolute atomic E-state index is 0. The Hall–Kier alpha value is 0.460. The van der Waals surface area contributed by atoms with Gasteiger partial charge < -0.3 is 17.4 Å². The molecule has 0 bridgehead atoms. The minimum atomic E-state index is 0. The fraction of sp³-hybridized carbons (Fsp3) is 0.286. The molecule has 0 atom stereocenters. The van der Waals surface area contributed by atoms with Crippen LogP contribution in [-0.4, -0.2) is 11.6 Å². The van der Waals surface area contributed by atoms with Crippen molar-refractivity contribution < 1.29 is 34.3 Å². The van der Waals surface area contributed by atoms with Crippen LogP contribution in [0.3, 0.4) is 0 Å². The molecule has 0 saturated heterocycles. The zero-order chi connectivity index (χ0) is 8.27. The van der Waals surface area contributed by atoms with E-state index in [1.807, 2.05) is 6.92 Å². The second-order valence-corrected chi connectivity index (χ2v) is 2.68. The van der Waals surface area contributed by atoms with Crippen molar-refractivity contribution in [1.82, 2.24) is 4.98 Å². The molecule has 0 spiro atoms. The van der Waals surface area contributed by atoms with E-state index in [-0.39, 0.29) is 29.6 Å². The average Bonchev–Trinajstić information content (AvgIpc) is 1.99. The second-order valence-electron chi connectivity index (χ2n) is 1.86. The van der Waals surface area contributed by atoms with Gasteiger partial charge in [0.1, 0.15) is 0 Å². The van der Waals surface area contributed by atoms with Gasteiger partial charge in [0.2, 0.25) is 5.88 Å². The molecule has 0 aromatic carbocycles. The first-order valence-electron chi connectivity index (χ1n) is 3.20. The Labute approximate surface area is 104 Å². The molecule has 0 aliphatic rings. The van der Waals surface area contributed by atoms with Crippen LogP contribution in [0.1, 0.15) is 6.92 Å². The van der Waals surface area contributed by atoms with E-state index in [9.17, 15) is 0 Å². The zero-order valence-electron chi connectivity index (χ0n) is 7.00. The van der Waals surface area contributed by atoms with Gasteiger partial charge in [-0.3, -0.25) is 0 Å². The molecule has 60 valence electrons. The SMILES string of the molecule is CCOc1nccc([S-])c1Cl.[Na+]. The molecule has 1 rings (SSSR count). The van der Waals surface area contributed by atoms with Crippen molar-refractivity contribution in [1.29, 1.82) is 0 Å². The fourth-order valence-electron chi connectivity index (χ4n) is 0.645. The minimum Gasteiger partial charge on any atom is -0.778 e. The molecule has 2 nitrogen and oxygen atoms in total. The normalized spacial score (nSPS) is 8.83. The Morgan fingerprint density at radius 2 is 2.33 bits per heavy atom. The van der Waals surface area contributed by atoms with Crippen LogP contribution in [0.15, 0.2) is 17.2 Å². The predicted octanol–water partition coefficient (Wildman–Crippen LogP) is -0.957. The van der Waals surface area contributed by atoms with Gasteiger partial charge in [0.05, 0.1) is 11.6 Å². The third-order valence-electron chi connectivity index (χ3n) is 1.10. The molecule has 5 heteroatoms. The van der Waals surface area contributed by atoms with E-state index in [1.165, 1.54) is 0 Å². The molecule has 0 radical (unpaired) electrons. The molecule has 0 amide bonds. The van der Waals surface area contributed by atoms with E-state index in [2.05, 4.69) is 4.98 Å². The van der Waals surface area contributed by atoms with Gasteiger partial charge in [0.15, 0.2) is 0 Å². The van der Waals surface area contributed by atoms with Crippen molar-refractivity contribution in [3.05, 3.63) is 17.3 Å². The first kappa shape index (κ1) is 12.5. The van der Waals surface area contributed by atoms with Crippen molar-refractivity contribution in [2.45, 2.75) is 11.8 Å². The molecular weight excluding hydrogens is 205 g/mol. The van der Waals surface area contributed by atoms with Crippen molar-refractivity contribution in [3.8, 4) is 5.88 Å². The van der Waals surface area contributed by atoms with Gasteiger partial charge >= 0.3 is 29.6 Å². The summed E-state index contributed by atoms with van der Waals surface area (Å²) in [7, 11) is 0. The van der Waals surface area contributed by atoms with Crippen LogP contribution in [0.2, 0.25) is 5.02 Å². The van der Waals surface area contributed by atoms with Gasteiger partial charge in [-0.05, 0) is 6.92 Å². The van der Waals surface area contributed by atoms with E-state index < -0.39 is 0 Å². The Balaban J connectivity index is 0.00000121. The number of rotatable bonds is 2. The van der Waals surface area contributed by atoms with Crippen LogP contribution in [0, 0.1) is 0 Å². The van der Waals surface area contributed by atoms with Crippen molar-refractivity contribution >= 4 is 24.2 Å². The molecule has 0 aliphatic heterocycles. The molecule has 0 fully saturated rings. The number of halogens is 1. The molecule has 12 heavy (non-hydrogen) atoms. The maximum atomic E-state index is 5.78. The Morgan fingerprint density at radius 1 is 1.67 bits per heavy atom. The van der Waals surface area contributed by atoms with E-state index in [0.717, 1.165) is 0 Å². The van der Waals surface area contributed by atoms with Crippen molar-refractivity contribution in [2.75, 3.05) is 6.61 Å². The predicted molar refractivity (Wildman–Crippen MR) is 46.0 cm³/mol. The maximum Gasteiger partial charge on any atom is 1.00 e. The molecule has 0 aliphatic carbocycles. The molecule has 1 aromatic rings. The Kier molecular flexibility index (Phi) is 6.23. The average molecular weight is 212 g/mol. The zero-order valence-corrected chi connectivity index (χ0v) is 10.6. The Bertz CT molecular complexity index is 259. The molecule has 1 aromatic heterocycles. The standard InChI is InChI=1S/C7H8ClNOS.Na/c1-2-10-7-6(8)5(11)3-4-9-7;/h3-4H,2H2,1H3,(H,9,11);/q;+1/p-1. The number of ether oxygens (including phenoxy) is 1. The number of pyridine rings is 1. The number of aromatic nitrogens is 1. The molecule has 0 N–H and O–H groups in total. The number of hydrogen-bond acceptors (Lipinski definition) is 3. The summed E-state index contributed by atoms with van der Waals surface area (Å²) >= 11 is 10.7. The van der Waals surface area contributed by atoms with Crippen LogP contribution >= 0.6 is 11.6 Å². The summed E-state index contributed by atoms with van der Waals surface area (Å²) in [6.45, 7) is 2.42.